The van der Waals surface area contributed by atoms with E-state index in [1.165, 1.54) is 0 Å². The Morgan fingerprint density at radius 1 is 1.40 bits per heavy atom. The quantitative estimate of drug-likeness (QED) is 0.764. The Labute approximate surface area is 117 Å². The summed E-state index contributed by atoms with van der Waals surface area (Å²) in [5, 5.41) is 5.49. The van der Waals surface area contributed by atoms with Crippen molar-refractivity contribution < 1.29 is 9.59 Å². The van der Waals surface area contributed by atoms with Gasteiger partial charge in [-0.05, 0) is 12.8 Å². The van der Waals surface area contributed by atoms with Gasteiger partial charge in [-0.25, -0.2) is 4.98 Å². The first kappa shape index (κ1) is 14.2. The van der Waals surface area contributed by atoms with Crippen molar-refractivity contribution in [2.24, 2.45) is 0 Å². The van der Waals surface area contributed by atoms with E-state index in [4.69, 9.17) is 0 Å². The third kappa shape index (κ3) is 3.04. The van der Waals surface area contributed by atoms with Crippen molar-refractivity contribution in [1.29, 1.82) is 0 Å². The number of rotatable bonds is 5. The number of hydrogen-bond donors (Lipinski definition) is 2. The minimum Gasteiger partial charge on any atom is -0.369 e. The Kier molecular flexibility index (Phi) is 4.49. The molecule has 2 amide bonds. The number of nitrogens with one attached hydrogen (secondary N) is 2. The molecule has 7 nitrogen and oxygen atoms in total. The molecule has 1 unspecified atom stereocenters. The summed E-state index contributed by atoms with van der Waals surface area (Å²) < 4.78 is 0. The second-order valence-electron chi connectivity index (χ2n) is 4.65. The van der Waals surface area contributed by atoms with Gasteiger partial charge in [0.1, 0.15) is 11.9 Å². The second-order valence-corrected chi connectivity index (χ2v) is 4.65. The molecular formula is C13H19N5O2. The van der Waals surface area contributed by atoms with Crippen LogP contribution < -0.4 is 15.5 Å². The highest BCUT2D eigenvalue weighted by atomic mass is 16.2. The van der Waals surface area contributed by atoms with Crippen LogP contribution in [0.15, 0.2) is 12.4 Å². The summed E-state index contributed by atoms with van der Waals surface area (Å²) >= 11 is 0. The van der Waals surface area contributed by atoms with Crippen LogP contribution in [-0.2, 0) is 9.59 Å². The van der Waals surface area contributed by atoms with Crippen molar-refractivity contribution in [3.05, 3.63) is 12.4 Å². The summed E-state index contributed by atoms with van der Waals surface area (Å²) in [6, 6.07) is -0.386. The highest BCUT2D eigenvalue weighted by Crippen LogP contribution is 2.19. The number of anilines is 2. The maximum Gasteiger partial charge on any atom is 0.249 e. The highest BCUT2D eigenvalue weighted by Gasteiger charge is 2.33. The summed E-state index contributed by atoms with van der Waals surface area (Å²) in [5.74, 6) is 0.602. The Morgan fingerprint density at radius 3 is 2.90 bits per heavy atom. The van der Waals surface area contributed by atoms with E-state index in [0.29, 0.717) is 18.1 Å². The fraction of sp³-hybridized carbons (Fsp3) is 0.538. The molecule has 108 valence electrons. The molecule has 1 aliphatic heterocycles. The predicted molar refractivity (Wildman–Crippen MR) is 75.4 cm³/mol. The van der Waals surface area contributed by atoms with Crippen molar-refractivity contribution in [1.82, 2.24) is 15.3 Å². The molecule has 2 N–H and O–H groups in total. The number of hydrogen-bond acceptors (Lipinski definition) is 6. The van der Waals surface area contributed by atoms with Gasteiger partial charge in [0, 0.05) is 6.54 Å². The molecule has 1 aromatic heterocycles. The first-order chi connectivity index (χ1) is 9.65. The Balaban J connectivity index is 2.23. The van der Waals surface area contributed by atoms with Crippen molar-refractivity contribution in [2.45, 2.75) is 32.7 Å². The fourth-order valence-corrected chi connectivity index (χ4v) is 2.15. The van der Waals surface area contributed by atoms with E-state index in [-0.39, 0.29) is 24.4 Å². The monoisotopic (exact) mass is 277 g/mol. The average Bonchev–Trinajstić information content (AvgIpc) is 2.44. The van der Waals surface area contributed by atoms with Gasteiger partial charge in [0.2, 0.25) is 11.8 Å². The number of carbonyl (C=O) groups excluding carboxylic acids is 2. The normalized spacial score (nSPS) is 18.9. The Bertz CT molecular complexity index is 505. The Morgan fingerprint density at radius 2 is 2.20 bits per heavy atom. The van der Waals surface area contributed by atoms with Crippen LogP contribution in [-0.4, -0.2) is 40.9 Å². The smallest absolute Gasteiger partial charge is 0.249 e. The molecule has 0 aliphatic carbocycles. The van der Waals surface area contributed by atoms with E-state index < -0.39 is 0 Å². The maximum absolute atomic E-state index is 11.8. The molecular weight excluding hydrogens is 258 g/mol. The zero-order valence-corrected chi connectivity index (χ0v) is 11.7. The first-order valence-electron chi connectivity index (χ1n) is 6.82. The molecule has 1 aromatic rings. The number of amides is 2. The van der Waals surface area contributed by atoms with E-state index >= 15 is 0 Å². The van der Waals surface area contributed by atoms with Gasteiger partial charge in [-0.3, -0.25) is 19.9 Å². The third-order valence-corrected chi connectivity index (χ3v) is 3.11. The van der Waals surface area contributed by atoms with Gasteiger partial charge >= 0.3 is 0 Å². The van der Waals surface area contributed by atoms with Crippen molar-refractivity contribution in [3.63, 3.8) is 0 Å². The van der Waals surface area contributed by atoms with Crippen LogP contribution >= 0.6 is 0 Å². The van der Waals surface area contributed by atoms with Gasteiger partial charge in [-0.15, -0.1) is 0 Å². The lowest BCUT2D eigenvalue weighted by atomic mass is 10.1. The average molecular weight is 277 g/mol. The van der Waals surface area contributed by atoms with Gasteiger partial charge in [0.25, 0.3) is 0 Å². The third-order valence-electron chi connectivity index (χ3n) is 3.11. The molecule has 2 rings (SSSR count). The SMILES string of the molecule is CCCNc1cncc(N2CC(=O)NC(=O)C2CC)n1. The fourth-order valence-electron chi connectivity index (χ4n) is 2.15. The lowest BCUT2D eigenvalue weighted by molar-refractivity contribution is -0.132. The molecule has 1 atom stereocenters. The lowest BCUT2D eigenvalue weighted by Gasteiger charge is -2.34. The highest BCUT2D eigenvalue weighted by molar-refractivity contribution is 6.04. The second kappa shape index (κ2) is 6.31. The summed E-state index contributed by atoms with van der Waals surface area (Å²) in [6.07, 6.45) is 4.79. The lowest BCUT2D eigenvalue weighted by Crippen LogP contribution is -2.58. The van der Waals surface area contributed by atoms with E-state index in [2.05, 4.69) is 27.5 Å². The number of aromatic nitrogens is 2. The van der Waals surface area contributed by atoms with Crippen molar-refractivity contribution in [3.8, 4) is 0 Å². The van der Waals surface area contributed by atoms with E-state index in [1.807, 2.05) is 6.92 Å². The molecule has 0 saturated carbocycles. The molecule has 1 saturated heterocycles. The minimum absolute atomic E-state index is 0.121. The predicted octanol–water partition coefficient (Wildman–Crippen LogP) is 0.540. The summed E-state index contributed by atoms with van der Waals surface area (Å²) in [7, 11) is 0. The Hall–Kier alpha value is -2.18. The molecule has 7 heteroatoms. The minimum atomic E-state index is -0.386. The number of imide groups is 1. The maximum atomic E-state index is 11.8. The summed E-state index contributed by atoms with van der Waals surface area (Å²) in [5.41, 5.74) is 0. The number of carbonyl (C=O) groups is 2. The molecule has 1 fully saturated rings. The van der Waals surface area contributed by atoms with Crippen LogP contribution in [0.25, 0.3) is 0 Å². The summed E-state index contributed by atoms with van der Waals surface area (Å²) in [4.78, 5) is 33.6. The van der Waals surface area contributed by atoms with Crippen LogP contribution in [0.3, 0.4) is 0 Å². The molecule has 1 aliphatic rings. The molecule has 0 aromatic carbocycles. The molecule has 0 radical (unpaired) electrons. The van der Waals surface area contributed by atoms with Crippen molar-refractivity contribution in [2.75, 3.05) is 23.3 Å². The molecule has 20 heavy (non-hydrogen) atoms. The zero-order valence-electron chi connectivity index (χ0n) is 11.7. The standard InChI is InChI=1S/C13H19N5O2/c1-3-5-15-10-6-14-7-11(16-10)18-8-12(19)17-13(20)9(18)4-2/h6-7,9H,3-5,8H2,1-2H3,(H,15,16)(H,17,19,20). The van der Waals surface area contributed by atoms with Crippen LogP contribution in [0.1, 0.15) is 26.7 Å². The van der Waals surface area contributed by atoms with Gasteiger partial charge in [-0.2, -0.15) is 0 Å². The number of piperazine rings is 1. The van der Waals surface area contributed by atoms with Crippen LogP contribution in [0.2, 0.25) is 0 Å². The van der Waals surface area contributed by atoms with Crippen LogP contribution in [0, 0.1) is 0 Å². The van der Waals surface area contributed by atoms with Gasteiger partial charge in [0.05, 0.1) is 18.9 Å². The summed E-state index contributed by atoms with van der Waals surface area (Å²) in [6.45, 7) is 4.88. The van der Waals surface area contributed by atoms with Gasteiger partial charge in [0.15, 0.2) is 5.82 Å². The van der Waals surface area contributed by atoms with Gasteiger partial charge < -0.3 is 10.2 Å². The first-order valence-corrected chi connectivity index (χ1v) is 6.82. The zero-order chi connectivity index (χ0) is 14.5. The van der Waals surface area contributed by atoms with Gasteiger partial charge in [-0.1, -0.05) is 13.8 Å². The molecule has 0 spiro atoms. The van der Waals surface area contributed by atoms with E-state index in [1.54, 1.807) is 17.3 Å². The number of nitrogens with zero attached hydrogens (tertiary/aromatic N) is 3. The molecule has 2 heterocycles. The van der Waals surface area contributed by atoms with Crippen molar-refractivity contribution >= 4 is 23.5 Å². The van der Waals surface area contributed by atoms with Crippen LogP contribution in [0.5, 0.6) is 0 Å². The largest absolute Gasteiger partial charge is 0.369 e. The molecule has 0 bridgehead atoms. The topological polar surface area (TPSA) is 87.2 Å². The van der Waals surface area contributed by atoms with E-state index in [0.717, 1.165) is 13.0 Å². The van der Waals surface area contributed by atoms with E-state index in [9.17, 15) is 9.59 Å². The van der Waals surface area contributed by atoms with Crippen LogP contribution in [0.4, 0.5) is 11.6 Å².